The van der Waals surface area contributed by atoms with E-state index < -0.39 is 6.04 Å². The van der Waals surface area contributed by atoms with E-state index in [9.17, 15) is 9.59 Å². The zero-order valence-electron chi connectivity index (χ0n) is 17.1. The molecule has 156 valence electrons. The van der Waals surface area contributed by atoms with Crippen LogP contribution in [0.5, 0.6) is 0 Å². The highest BCUT2D eigenvalue weighted by Crippen LogP contribution is 2.55. The van der Waals surface area contributed by atoms with Crippen LogP contribution in [0.1, 0.15) is 56.9 Å². The third kappa shape index (κ3) is 3.88. The Hall–Kier alpha value is -2.04. The maximum absolute atomic E-state index is 13.1. The van der Waals surface area contributed by atoms with Crippen molar-refractivity contribution in [1.29, 1.82) is 0 Å². The lowest BCUT2D eigenvalue weighted by Crippen LogP contribution is -2.62. The van der Waals surface area contributed by atoms with Crippen LogP contribution in [0, 0.1) is 17.8 Å². The van der Waals surface area contributed by atoms with Gasteiger partial charge in [-0.2, -0.15) is 0 Å². The molecule has 0 unspecified atom stereocenters. The highest BCUT2D eigenvalue weighted by Gasteiger charge is 2.52. The molecular weight excluding hydrogens is 364 g/mol. The van der Waals surface area contributed by atoms with E-state index in [1.807, 2.05) is 30.3 Å². The second-order valence-electron chi connectivity index (χ2n) is 9.88. The number of benzene rings is 1. The van der Waals surface area contributed by atoms with E-state index in [1.165, 1.54) is 19.3 Å². The molecule has 5 fully saturated rings. The highest BCUT2D eigenvalue weighted by atomic mass is 16.5. The van der Waals surface area contributed by atoms with E-state index in [0.717, 1.165) is 49.0 Å². The molecule has 2 amide bonds. The summed E-state index contributed by atoms with van der Waals surface area (Å²) in [6.45, 7) is 1.01. The molecule has 1 aromatic carbocycles. The molecular formula is C24H32N2O3. The zero-order valence-corrected chi connectivity index (χ0v) is 17.1. The number of hydrogen-bond acceptors (Lipinski definition) is 3. The standard InChI is InChI=1S/C24H32N2O3/c27-22(29-10-8-17-5-2-1-3-6-17)21-7-4-9-26(21)23(28)25-24-14-18-11-19(15-24)13-20(12-18)16-24/h1-3,5-6,18-21H,4,7-16H2,(H,25,28)/t18?,19?,20?,21-,24?/m0/s1. The Labute approximate surface area is 173 Å². The van der Waals surface area contributed by atoms with Gasteiger partial charge in [-0.05, 0) is 74.7 Å². The van der Waals surface area contributed by atoms with Crippen LogP contribution < -0.4 is 5.32 Å². The Morgan fingerprint density at radius 2 is 1.69 bits per heavy atom. The van der Waals surface area contributed by atoms with Crippen molar-refractivity contribution in [3.05, 3.63) is 35.9 Å². The number of ether oxygens (including phenoxy) is 1. The van der Waals surface area contributed by atoms with Crippen LogP contribution in [-0.4, -0.2) is 41.6 Å². The van der Waals surface area contributed by atoms with Gasteiger partial charge in [0.2, 0.25) is 0 Å². The van der Waals surface area contributed by atoms with Gasteiger partial charge in [0, 0.05) is 18.5 Å². The molecule has 0 spiro atoms. The molecule has 4 saturated carbocycles. The second-order valence-corrected chi connectivity index (χ2v) is 9.88. The van der Waals surface area contributed by atoms with Gasteiger partial charge in [-0.3, -0.25) is 0 Å². The predicted molar refractivity (Wildman–Crippen MR) is 110 cm³/mol. The van der Waals surface area contributed by atoms with Crippen molar-refractivity contribution in [2.45, 2.75) is 69.4 Å². The topological polar surface area (TPSA) is 58.6 Å². The number of nitrogens with one attached hydrogen (secondary N) is 1. The first kappa shape index (κ1) is 19.0. The first-order valence-corrected chi connectivity index (χ1v) is 11.4. The number of rotatable bonds is 5. The smallest absolute Gasteiger partial charge is 0.328 e. The second kappa shape index (κ2) is 7.66. The number of nitrogens with zero attached hydrogens (tertiary/aromatic N) is 1. The molecule has 1 atom stereocenters. The summed E-state index contributed by atoms with van der Waals surface area (Å²) < 4.78 is 5.54. The quantitative estimate of drug-likeness (QED) is 0.768. The Morgan fingerprint density at radius 1 is 1.03 bits per heavy atom. The lowest BCUT2D eigenvalue weighted by molar-refractivity contribution is -0.148. The van der Waals surface area contributed by atoms with Gasteiger partial charge in [0.1, 0.15) is 6.04 Å². The lowest BCUT2D eigenvalue weighted by Gasteiger charge is -2.57. The molecule has 5 heteroatoms. The molecule has 29 heavy (non-hydrogen) atoms. The average molecular weight is 397 g/mol. The van der Waals surface area contributed by atoms with Crippen LogP contribution in [0.25, 0.3) is 0 Å². The molecule has 4 bridgehead atoms. The summed E-state index contributed by atoms with van der Waals surface area (Å²) in [5.41, 5.74) is 1.14. The molecule has 1 saturated heterocycles. The van der Waals surface area contributed by atoms with Crippen LogP contribution in [0.3, 0.4) is 0 Å². The van der Waals surface area contributed by atoms with Crippen molar-refractivity contribution < 1.29 is 14.3 Å². The van der Waals surface area contributed by atoms with Crippen molar-refractivity contribution in [3.63, 3.8) is 0 Å². The van der Waals surface area contributed by atoms with Gasteiger partial charge in [-0.25, -0.2) is 9.59 Å². The zero-order chi connectivity index (χ0) is 19.8. The van der Waals surface area contributed by atoms with Crippen LogP contribution in [0.4, 0.5) is 4.79 Å². The maximum Gasteiger partial charge on any atom is 0.328 e. The molecule has 0 radical (unpaired) electrons. The van der Waals surface area contributed by atoms with E-state index in [2.05, 4.69) is 5.32 Å². The largest absolute Gasteiger partial charge is 0.464 e. The number of amides is 2. The van der Waals surface area contributed by atoms with Crippen molar-refractivity contribution >= 4 is 12.0 Å². The SMILES string of the molecule is O=C(OCCc1ccccc1)[C@@H]1CCCN1C(=O)NC12CC3CC(CC(C3)C1)C2. The summed E-state index contributed by atoms with van der Waals surface area (Å²) in [5.74, 6) is 2.12. The predicted octanol–water partition coefficient (Wildman–Crippen LogP) is 3.92. The third-order valence-corrected chi connectivity index (χ3v) is 7.67. The van der Waals surface area contributed by atoms with Gasteiger partial charge in [0.25, 0.3) is 0 Å². The minimum atomic E-state index is -0.431. The van der Waals surface area contributed by atoms with Gasteiger partial charge < -0.3 is 15.0 Å². The third-order valence-electron chi connectivity index (χ3n) is 7.67. The van der Waals surface area contributed by atoms with Gasteiger partial charge >= 0.3 is 12.0 Å². The first-order valence-electron chi connectivity index (χ1n) is 11.4. The normalized spacial score (nSPS) is 35.0. The number of likely N-dealkylation sites (tertiary alicyclic amines) is 1. The molecule has 1 aliphatic heterocycles. The summed E-state index contributed by atoms with van der Waals surface area (Å²) in [4.78, 5) is 27.6. The first-order chi connectivity index (χ1) is 14.1. The van der Waals surface area contributed by atoms with Crippen molar-refractivity contribution in [2.24, 2.45) is 17.8 Å². The summed E-state index contributed by atoms with van der Waals surface area (Å²) in [6, 6.07) is 9.56. The number of urea groups is 1. The highest BCUT2D eigenvalue weighted by molar-refractivity contribution is 5.84. The monoisotopic (exact) mass is 396 g/mol. The Morgan fingerprint density at radius 3 is 2.34 bits per heavy atom. The molecule has 0 aromatic heterocycles. The minimum Gasteiger partial charge on any atom is -0.464 e. The number of hydrogen-bond donors (Lipinski definition) is 1. The number of carbonyl (C=O) groups is 2. The van der Waals surface area contributed by atoms with Gasteiger partial charge in [0.15, 0.2) is 0 Å². The molecule has 4 aliphatic carbocycles. The maximum atomic E-state index is 13.1. The van der Waals surface area contributed by atoms with Gasteiger partial charge in [0.05, 0.1) is 6.61 Å². The summed E-state index contributed by atoms with van der Waals surface area (Å²) in [5, 5.41) is 3.41. The van der Waals surface area contributed by atoms with Crippen LogP contribution in [0.2, 0.25) is 0 Å². The molecule has 1 aromatic rings. The number of esters is 1. The summed E-state index contributed by atoms with van der Waals surface area (Å²) in [6.07, 6.45) is 9.74. The number of carbonyl (C=O) groups excluding carboxylic acids is 2. The minimum absolute atomic E-state index is 0.0177. The van der Waals surface area contributed by atoms with Crippen molar-refractivity contribution in [2.75, 3.05) is 13.2 Å². The van der Waals surface area contributed by atoms with Crippen LogP contribution >= 0.6 is 0 Å². The summed E-state index contributed by atoms with van der Waals surface area (Å²) in [7, 11) is 0. The average Bonchev–Trinajstić information content (AvgIpc) is 3.17. The van der Waals surface area contributed by atoms with E-state index >= 15 is 0 Å². The molecule has 6 rings (SSSR count). The molecule has 5 nitrogen and oxygen atoms in total. The van der Waals surface area contributed by atoms with Crippen LogP contribution in [0.15, 0.2) is 30.3 Å². The van der Waals surface area contributed by atoms with E-state index in [4.69, 9.17) is 4.74 Å². The Balaban J connectivity index is 1.17. The molecule has 1 heterocycles. The van der Waals surface area contributed by atoms with E-state index in [-0.39, 0.29) is 17.5 Å². The van der Waals surface area contributed by atoms with Crippen LogP contribution in [-0.2, 0) is 16.0 Å². The molecule has 5 aliphatic rings. The Bertz CT molecular complexity index is 727. The fraction of sp³-hybridized carbons (Fsp3) is 0.667. The lowest BCUT2D eigenvalue weighted by atomic mass is 9.53. The Kier molecular flexibility index (Phi) is 5.00. The fourth-order valence-electron chi connectivity index (χ4n) is 6.83. The van der Waals surface area contributed by atoms with E-state index in [0.29, 0.717) is 26.0 Å². The molecule has 1 N–H and O–H groups in total. The van der Waals surface area contributed by atoms with Crippen molar-refractivity contribution in [3.8, 4) is 0 Å². The fourth-order valence-corrected chi connectivity index (χ4v) is 6.83. The van der Waals surface area contributed by atoms with Crippen molar-refractivity contribution in [1.82, 2.24) is 10.2 Å². The van der Waals surface area contributed by atoms with Gasteiger partial charge in [-0.1, -0.05) is 30.3 Å². The van der Waals surface area contributed by atoms with Gasteiger partial charge in [-0.15, -0.1) is 0 Å². The van der Waals surface area contributed by atoms with E-state index in [1.54, 1.807) is 4.90 Å². The summed E-state index contributed by atoms with van der Waals surface area (Å²) >= 11 is 0.